The van der Waals surface area contributed by atoms with Crippen molar-refractivity contribution in [3.05, 3.63) is 54.0 Å². The number of para-hydroxylation sites is 1. The molecular formula is C17H17N5. The van der Waals surface area contributed by atoms with Crippen molar-refractivity contribution in [3.63, 3.8) is 0 Å². The van der Waals surface area contributed by atoms with Crippen molar-refractivity contribution in [1.82, 2.24) is 14.8 Å². The Labute approximate surface area is 129 Å². The fraction of sp³-hybridized carbons (Fsp3) is 0.235. The van der Waals surface area contributed by atoms with Crippen LogP contribution in [0.15, 0.2) is 42.9 Å². The van der Waals surface area contributed by atoms with E-state index in [1.807, 2.05) is 43.7 Å². The first-order valence-electron chi connectivity index (χ1n) is 7.23. The molecule has 5 heteroatoms. The van der Waals surface area contributed by atoms with Gasteiger partial charge in [-0.3, -0.25) is 9.67 Å². The number of rotatable bonds is 4. The van der Waals surface area contributed by atoms with Crippen molar-refractivity contribution >= 4 is 16.6 Å². The van der Waals surface area contributed by atoms with Crippen LogP contribution in [0.5, 0.6) is 0 Å². The van der Waals surface area contributed by atoms with Crippen LogP contribution < -0.4 is 4.90 Å². The Morgan fingerprint density at radius 2 is 2.09 bits per heavy atom. The number of aromatic nitrogens is 3. The number of benzene rings is 1. The van der Waals surface area contributed by atoms with E-state index in [1.165, 1.54) is 0 Å². The minimum absolute atomic E-state index is 0.601. The van der Waals surface area contributed by atoms with Gasteiger partial charge >= 0.3 is 0 Å². The summed E-state index contributed by atoms with van der Waals surface area (Å²) in [5.74, 6) is 0. The average molecular weight is 291 g/mol. The lowest BCUT2D eigenvalue weighted by atomic mass is 10.1. The quantitative estimate of drug-likeness (QED) is 0.741. The van der Waals surface area contributed by atoms with Gasteiger partial charge in [-0.1, -0.05) is 18.2 Å². The molecule has 0 aliphatic rings. The Kier molecular flexibility index (Phi) is 3.75. The van der Waals surface area contributed by atoms with Gasteiger partial charge in [0.15, 0.2) is 0 Å². The second-order valence-corrected chi connectivity index (χ2v) is 5.19. The lowest BCUT2D eigenvalue weighted by Crippen LogP contribution is -2.23. The number of fused-ring (bicyclic) bond motifs is 1. The Bertz CT molecular complexity index is 844. The van der Waals surface area contributed by atoms with E-state index < -0.39 is 0 Å². The maximum atomic E-state index is 9.46. The van der Waals surface area contributed by atoms with Crippen molar-refractivity contribution in [2.24, 2.45) is 7.05 Å². The van der Waals surface area contributed by atoms with Gasteiger partial charge in [-0.25, -0.2) is 0 Å². The summed E-state index contributed by atoms with van der Waals surface area (Å²) in [7, 11) is 1.91. The number of pyridine rings is 1. The minimum atomic E-state index is 0.601. The lowest BCUT2D eigenvalue weighted by molar-refractivity contribution is 0.765. The van der Waals surface area contributed by atoms with Crippen molar-refractivity contribution in [2.45, 2.75) is 13.5 Å². The number of nitrogens with zero attached hydrogens (tertiary/aromatic N) is 5. The first-order valence-corrected chi connectivity index (χ1v) is 7.23. The molecule has 2 aromatic heterocycles. The third-order valence-electron chi connectivity index (χ3n) is 3.70. The van der Waals surface area contributed by atoms with Gasteiger partial charge in [0.1, 0.15) is 6.07 Å². The molecular weight excluding hydrogens is 274 g/mol. The zero-order chi connectivity index (χ0) is 15.5. The molecule has 0 unspecified atom stereocenters. The van der Waals surface area contributed by atoms with Gasteiger partial charge in [-0.2, -0.15) is 10.4 Å². The first kappa shape index (κ1) is 14.1. The van der Waals surface area contributed by atoms with Gasteiger partial charge in [0.25, 0.3) is 0 Å². The molecule has 0 atom stereocenters. The summed E-state index contributed by atoms with van der Waals surface area (Å²) in [5.41, 5.74) is 3.57. The fourth-order valence-electron chi connectivity index (χ4n) is 2.67. The van der Waals surface area contributed by atoms with E-state index in [2.05, 4.69) is 28.0 Å². The molecule has 2 heterocycles. The zero-order valence-corrected chi connectivity index (χ0v) is 12.7. The molecule has 22 heavy (non-hydrogen) atoms. The van der Waals surface area contributed by atoms with Crippen LogP contribution in [0.1, 0.15) is 18.1 Å². The highest BCUT2D eigenvalue weighted by Crippen LogP contribution is 2.30. The van der Waals surface area contributed by atoms with E-state index in [9.17, 15) is 5.26 Å². The molecule has 0 aliphatic heterocycles. The monoisotopic (exact) mass is 291 g/mol. The van der Waals surface area contributed by atoms with Crippen LogP contribution in [0.3, 0.4) is 0 Å². The van der Waals surface area contributed by atoms with Crippen LogP contribution in [0.25, 0.3) is 10.9 Å². The smallest absolute Gasteiger partial charge is 0.103 e. The Balaban J connectivity index is 2.11. The fourth-order valence-corrected chi connectivity index (χ4v) is 2.67. The third-order valence-corrected chi connectivity index (χ3v) is 3.70. The van der Waals surface area contributed by atoms with Crippen LogP contribution in [-0.2, 0) is 13.6 Å². The van der Waals surface area contributed by atoms with E-state index in [0.29, 0.717) is 12.1 Å². The number of anilines is 1. The molecule has 1 aromatic carbocycles. The van der Waals surface area contributed by atoms with Gasteiger partial charge in [0.2, 0.25) is 0 Å². The Morgan fingerprint density at radius 3 is 2.77 bits per heavy atom. The molecule has 3 aromatic rings. The molecule has 0 aliphatic carbocycles. The normalized spacial score (nSPS) is 10.6. The summed E-state index contributed by atoms with van der Waals surface area (Å²) in [6.07, 6.45) is 5.51. The SMILES string of the molecule is CCN(Cc1cnn(C)c1)c1c(C#N)cnc2ccccc12. The summed E-state index contributed by atoms with van der Waals surface area (Å²) in [6, 6.07) is 10.2. The van der Waals surface area contributed by atoms with E-state index in [1.54, 1.807) is 10.9 Å². The average Bonchev–Trinajstić information content (AvgIpc) is 2.96. The Morgan fingerprint density at radius 1 is 1.27 bits per heavy atom. The zero-order valence-electron chi connectivity index (χ0n) is 12.7. The van der Waals surface area contributed by atoms with Gasteiger partial charge in [0.05, 0.1) is 23.0 Å². The van der Waals surface area contributed by atoms with Crippen molar-refractivity contribution < 1.29 is 0 Å². The van der Waals surface area contributed by atoms with E-state index >= 15 is 0 Å². The summed E-state index contributed by atoms with van der Waals surface area (Å²) in [6.45, 7) is 3.61. The third kappa shape index (κ3) is 2.51. The topological polar surface area (TPSA) is 57.7 Å². The molecule has 0 amide bonds. The van der Waals surface area contributed by atoms with Gasteiger partial charge in [-0.15, -0.1) is 0 Å². The highest BCUT2D eigenvalue weighted by Gasteiger charge is 2.15. The van der Waals surface area contributed by atoms with Crippen LogP contribution in [0.4, 0.5) is 5.69 Å². The molecule has 0 N–H and O–H groups in total. The standard InChI is InChI=1S/C17H17N5/c1-3-22(12-13-9-20-21(2)11-13)17-14(8-18)10-19-16-7-5-4-6-15(16)17/h4-7,9-11H,3,12H2,1-2H3. The van der Waals surface area contributed by atoms with E-state index in [-0.39, 0.29) is 0 Å². The van der Waals surface area contributed by atoms with Crippen molar-refractivity contribution in [1.29, 1.82) is 5.26 Å². The van der Waals surface area contributed by atoms with Gasteiger partial charge < -0.3 is 4.90 Å². The molecule has 5 nitrogen and oxygen atoms in total. The van der Waals surface area contributed by atoms with Crippen molar-refractivity contribution in [3.8, 4) is 6.07 Å². The van der Waals surface area contributed by atoms with E-state index in [4.69, 9.17) is 0 Å². The minimum Gasteiger partial charge on any atom is -0.366 e. The predicted octanol–water partition coefficient (Wildman–Crippen LogP) is 2.87. The number of hydrogen-bond acceptors (Lipinski definition) is 4. The first-order chi connectivity index (χ1) is 10.7. The molecule has 0 radical (unpaired) electrons. The van der Waals surface area contributed by atoms with Crippen molar-refractivity contribution in [2.75, 3.05) is 11.4 Å². The maximum absolute atomic E-state index is 9.46. The summed E-state index contributed by atoms with van der Waals surface area (Å²) in [4.78, 5) is 6.57. The van der Waals surface area contributed by atoms with Gasteiger partial charge in [-0.05, 0) is 13.0 Å². The second-order valence-electron chi connectivity index (χ2n) is 5.19. The van der Waals surface area contributed by atoms with Crippen LogP contribution >= 0.6 is 0 Å². The summed E-state index contributed by atoms with van der Waals surface area (Å²) >= 11 is 0. The Hall–Kier alpha value is -2.87. The highest BCUT2D eigenvalue weighted by atomic mass is 15.2. The maximum Gasteiger partial charge on any atom is 0.103 e. The number of aryl methyl sites for hydroxylation is 1. The second kappa shape index (κ2) is 5.86. The predicted molar refractivity (Wildman–Crippen MR) is 86.4 cm³/mol. The molecule has 3 rings (SSSR count). The highest BCUT2D eigenvalue weighted by molar-refractivity contribution is 5.94. The lowest BCUT2D eigenvalue weighted by Gasteiger charge is -2.25. The van der Waals surface area contributed by atoms with Crippen LogP contribution in [0.2, 0.25) is 0 Å². The molecule has 0 fully saturated rings. The summed E-state index contributed by atoms with van der Waals surface area (Å²) < 4.78 is 1.79. The molecule has 110 valence electrons. The summed E-state index contributed by atoms with van der Waals surface area (Å²) in [5, 5.41) is 14.7. The van der Waals surface area contributed by atoms with Gasteiger partial charge in [0, 0.05) is 43.5 Å². The number of hydrogen-bond donors (Lipinski definition) is 0. The van der Waals surface area contributed by atoms with E-state index in [0.717, 1.165) is 28.7 Å². The molecule has 0 saturated heterocycles. The largest absolute Gasteiger partial charge is 0.366 e. The molecule has 0 saturated carbocycles. The van der Waals surface area contributed by atoms with Crippen LogP contribution in [-0.4, -0.2) is 21.3 Å². The molecule has 0 spiro atoms. The molecule has 0 bridgehead atoms. The van der Waals surface area contributed by atoms with Crippen LogP contribution in [0, 0.1) is 11.3 Å². The number of nitriles is 1.